The molecule has 0 unspecified atom stereocenters. The van der Waals surface area contributed by atoms with Gasteiger partial charge in [-0.3, -0.25) is 0 Å². The van der Waals surface area contributed by atoms with Crippen molar-refractivity contribution < 1.29 is 9.15 Å². The molecule has 0 N–H and O–H groups in total. The van der Waals surface area contributed by atoms with Crippen molar-refractivity contribution in [3.63, 3.8) is 0 Å². The molecule has 1 aromatic carbocycles. The molecule has 0 fully saturated rings. The van der Waals surface area contributed by atoms with Crippen LogP contribution >= 0.6 is 0 Å². The highest BCUT2D eigenvalue weighted by Crippen LogP contribution is 2.17. The Bertz CT molecular complexity index is 704. The van der Waals surface area contributed by atoms with Crippen LogP contribution in [-0.2, 0) is 11.5 Å². The van der Waals surface area contributed by atoms with E-state index in [2.05, 4.69) is 19.6 Å². The van der Waals surface area contributed by atoms with Gasteiger partial charge in [0.15, 0.2) is 5.58 Å². The lowest BCUT2D eigenvalue weighted by Gasteiger charge is -2.15. The number of ether oxygens (including phenoxy) is 1. The van der Waals surface area contributed by atoms with Gasteiger partial charge in [-0.05, 0) is 18.2 Å². The van der Waals surface area contributed by atoms with Crippen LogP contribution in [-0.4, -0.2) is 19.2 Å². The van der Waals surface area contributed by atoms with Crippen molar-refractivity contribution in [1.29, 1.82) is 5.26 Å². The second kappa shape index (κ2) is 5.65. The first-order chi connectivity index (χ1) is 9.42. The van der Waals surface area contributed by atoms with Crippen molar-refractivity contribution in [3.05, 3.63) is 34.3 Å². The van der Waals surface area contributed by atoms with Crippen LogP contribution in [0, 0.1) is 11.3 Å². The fourth-order valence-corrected chi connectivity index (χ4v) is 2.59. The number of rotatable bonds is 5. The van der Waals surface area contributed by atoms with Crippen LogP contribution in [0.15, 0.2) is 27.4 Å². The lowest BCUT2D eigenvalue weighted by Crippen LogP contribution is -2.23. The number of oxazole rings is 1. The maximum Gasteiger partial charge on any atom is 0.421 e. The van der Waals surface area contributed by atoms with E-state index in [1.807, 2.05) is 6.07 Å². The third-order valence-electron chi connectivity index (χ3n) is 3.03. The monoisotopic (exact) mass is 290 g/mol. The van der Waals surface area contributed by atoms with Crippen molar-refractivity contribution in [2.45, 2.75) is 32.4 Å². The first kappa shape index (κ1) is 14.6. The minimum atomic E-state index is -1.14. The fourth-order valence-electron chi connectivity index (χ4n) is 1.83. The average Bonchev–Trinajstić information content (AvgIpc) is 2.69. The summed E-state index contributed by atoms with van der Waals surface area (Å²) in [5.41, 5.74) is 1.29. The Kier molecular flexibility index (Phi) is 4.11. The molecule has 0 amide bonds. The Morgan fingerprint density at radius 1 is 1.40 bits per heavy atom. The largest absolute Gasteiger partial charge is 0.421 e. The van der Waals surface area contributed by atoms with Crippen LogP contribution in [0.3, 0.4) is 0 Å². The molecule has 1 heterocycles. The lowest BCUT2D eigenvalue weighted by molar-refractivity contribution is 0.0850. The summed E-state index contributed by atoms with van der Waals surface area (Å²) >= 11 is 0. The van der Waals surface area contributed by atoms with Gasteiger partial charge in [-0.25, -0.2) is 9.36 Å². The van der Waals surface area contributed by atoms with E-state index in [4.69, 9.17) is 14.4 Å². The highest BCUT2D eigenvalue weighted by Gasteiger charge is 2.14. The summed E-state index contributed by atoms with van der Waals surface area (Å²) in [6, 6.07) is 8.17. The Hall–Kier alpha value is -1.84. The summed E-state index contributed by atoms with van der Waals surface area (Å²) in [7, 11) is -1.14. The summed E-state index contributed by atoms with van der Waals surface area (Å²) < 4.78 is 12.1. The lowest BCUT2D eigenvalue weighted by atomic mass is 10.2. The predicted molar refractivity (Wildman–Crippen MR) is 79.3 cm³/mol. The molecule has 0 aliphatic carbocycles. The summed E-state index contributed by atoms with van der Waals surface area (Å²) in [6.45, 7) is 7.61. The Morgan fingerprint density at radius 2 is 2.15 bits per heavy atom. The third kappa shape index (κ3) is 3.18. The molecular weight excluding hydrogens is 272 g/mol. The van der Waals surface area contributed by atoms with Crippen molar-refractivity contribution in [2.75, 3.05) is 6.61 Å². The number of fused-ring (bicyclic) bond motifs is 1. The van der Waals surface area contributed by atoms with Crippen LogP contribution in [0.25, 0.3) is 11.1 Å². The molecule has 0 aliphatic rings. The van der Waals surface area contributed by atoms with E-state index in [-0.39, 0.29) is 6.73 Å². The van der Waals surface area contributed by atoms with Crippen molar-refractivity contribution >= 4 is 19.2 Å². The molecule has 5 nitrogen and oxygen atoms in total. The number of para-hydroxylation sites is 1. The minimum absolute atomic E-state index is 0.158. The minimum Gasteiger partial charge on any atom is -0.406 e. The smallest absolute Gasteiger partial charge is 0.406 e. The molecule has 6 heteroatoms. The van der Waals surface area contributed by atoms with E-state index >= 15 is 0 Å². The van der Waals surface area contributed by atoms with Crippen LogP contribution < -0.4 is 5.76 Å². The van der Waals surface area contributed by atoms with Crippen LogP contribution in [0.5, 0.6) is 0 Å². The number of hydrogen-bond acceptors (Lipinski definition) is 4. The summed E-state index contributed by atoms with van der Waals surface area (Å²) in [6.07, 6.45) is 0. The van der Waals surface area contributed by atoms with Gasteiger partial charge in [0, 0.05) is 14.7 Å². The maximum absolute atomic E-state index is 11.8. The Labute approximate surface area is 118 Å². The summed E-state index contributed by atoms with van der Waals surface area (Å²) in [5.74, 6) is -0.490. The molecular formula is C14H18N2O3Si. The van der Waals surface area contributed by atoms with Gasteiger partial charge in [0.1, 0.15) is 12.8 Å². The normalized spacial score (nSPS) is 11.7. The molecule has 0 aliphatic heterocycles. The molecule has 106 valence electrons. The van der Waals surface area contributed by atoms with E-state index in [1.165, 1.54) is 4.57 Å². The molecule has 0 atom stereocenters. The zero-order valence-corrected chi connectivity index (χ0v) is 13.0. The van der Waals surface area contributed by atoms with Crippen LogP contribution in [0.1, 0.15) is 5.56 Å². The molecule has 2 rings (SSSR count). The topological polar surface area (TPSA) is 68.2 Å². The standard InChI is InChI=1S/C14H18N2O3Si/c1-20(2,3)8-7-18-10-16-12-6-4-5-11(9-15)13(12)19-14(16)17/h4-6H,7-8,10H2,1-3H3. The van der Waals surface area contributed by atoms with Gasteiger partial charge in [-0.15, -0.1) is 0 Å². The van der Waals surface area contributed by atoms with E-state index in [0.717, 1.165) is 6.04 Å². The molecule has 0 saturated heterocycles. The molecule has 0 bridgehead atoms. The van der Waals surface area contributed by atoms with E-state index < -0.39 is 13.8 Å². The molecule has 0 spiro atoms. The van der Waals surface area contributed by atoms with Crippen molar-refractivity contribution in [3.8, 4) is 6.07 Å². The number of benzene rings is 1. The maximum atomic E-state index is 11.8. The van der Waals surface area contributed by atoms with Crippen LogP contribution in [0.2, 0.25) is 25.7 Å². The van der Waals surface area contributed by atoms with E-state index in [0.29, 0.717) is 23.3 Å². The fraction of sp³-hybridized carbons (Fsp3) is 0.429. The van der Waals surface area contributed by atoms with Gasteiger partial charge in [-0.2, -0.15) is 5.26 Å². The highest BCUT2D eigenvalue weighted by molar-refractivity contribution is 6.76. The SMILES string of the molecule is C[Si](C)(C)CCOCn1c(=O)oc2c(C#N)cccc21. The van der Waals surface area contributed by atoms with Gasteiger partial charge < -0.3 is 9.15 Å². The van der Waals surface area contributed by atoms with E-state index in [9.17, 15) is 4.79 Å². The first-order valence-electron chi connectivity index (χ1n) is 6.52. The third-order valence-corrected chi connectivity index (χ3v) is 4.74. The number of nitriles is 1. The first-order valence-corrected chi connectivity index (χ1v) is 10.2. The summed E-state index contributed by atoms with van der Waals surface area (Å²) in [5, 5.41) is 8.99. The van der Waals surface area contributed by atoms with Crippen molar-refractivity contribution in [2.24, 2.45) is 0 Å². The number of hydrogen-bond donors (Lipinski definition) is 0. The molecule has 2 aromatic rings. The molecule has 0 saturated carbocycles. The average molecular weight is 290 g/mol. The van der Waals surface area contributed by atoms with Gasteiger partial charge in [0.25, 0.3) is 0 Å². The van der Waals surface area contributed by atoms with Gasteiger partial charge in [0.05, 0.1) is 11.1 Å². The number of nitrogens with zero attached hydrogens (tertiary/aromatic N) is 2. The van der Waals surface area contributed by atoms with Gasteiger partial charge in [-0.1, -0.05) is 25.7 Å². The predicted octanol–water partition coefficient (Wildman–Crippen LogP) is 2.78. The van der Waals surface area contributed by atoms with E-state index in [1.54, 1.807) is 18.2 Å². The summed E-state index contributed by atoms with van der Waals surface area (Å²) in [4.78, 5) is 11.8. The zero-order chi connectivity index (χ0) is 14.8. The number of aromatic nitrogens is 1. The zero-order valence-electron chi connectivity index (χ0n) is 12.0. The Balaban J connectivity index is 2.17. The highest BCUT2D eigenvalue weighted by atomic mass is 28.3. The Morgan fingerprint density at radius 3 is 2.80 bits per heavy atom. The van der Waals surface area contributed by atoms with Gasteiger partial charge >= 0.3 is 5.76 Å². The van der Waals surface area contributed by atoms with Crippen LogP contribution in [0.4, 0.5) is 0 Å². The van der Waals surface area contributed by atoms with Gasteiger partial charge in [0.2, 0.25) is 0 Å². The second-order valence-corrected chi connectivity index (χ2v) is 11.5. The van der Waals surface area contributed by atoms with Crippen molar-refractivity contribution in [1.82, 2.24) is 4.57 Å². The second-order valence-electron chi connectivity index (χ2n) is 5.91. The molecule has 0 radical (unpaired) electrons. The molecule has 1 aromatic heterocycles. The molecule has 20 heavy (non-hydrogen) atoms. The quantitative estimate of drug-likeness (QED) is 0.627.